The summed E-state index contributed by atoms with van der Waals surface area (Å²) in [7, 11) is 0. The number of aromatic nitrogens is 3. The number of nitrogens with zero attached hydrogens (tertiary/aromatic N) is 1. The average molecular weight is 314 g/mol. The normalized spacial score (nSPS) is 11.1. The first-order valence-electron chi connectivity index (χ1n) is 7.27. The molecule has 0 fully saturated rings. The van der Waals surface area contributed by atoms with Crippen molar-refractivity contribution in [2.75, 3.05) is 12.3 Å². The lowest BCUT2D eigenvalue weighted by molar-refractivity contribution is 0.681. The minimum Gasteiger partial charge on any atom is -0.355 e. The fourth-order valence-electron chi connectivity index (χ4n) is 2.27. The van der Waals surface area contributed by atoms with Crippen LogP contribution in [0.5, 0.6) is 0 Å². The third kappa shape index (κ3) is 3.58. The summed E-state index contributed by atoms with van der Waals surface area (Å²) in [5.74, 6) is 1.09. The number of hydrogen-bond acceptors (Lipinski definition) is 4. The zero-order valence-electron chi connectivity index (χ0n) is 12.1. The predicted octanol–water partition coefficient (Wildman–Crippen LogP) is 2.52. The molecule has 0 saturated heterocycles. The Labute approximate surface area is 132 Å². The maximum absolute atomic E-state index is 11.6. The second-order valence-corrected chi connectivity index (χ2v) is 6.13. The standard InChI is InChI=1S/C16H18N4OS/c21-16-15-14(19-11-20-16)12(10-18-15)9-17-7-4-8-22-13-5-2-1-3-6-13/h1-3,5-6,10-11,17-18H,4,7-9H2,(H,19,20,21). The minimum absolute atomic E-state index is 0.129. The molecule has 3 aromatic rings. The summed E-state index contributed by atoms with van der Waals surface area (Å²) in [6.45, 7) is 1.65. The van der Waals surface area contributed by atoms with Crippen LogP contribution >= 0.6 is 11.8 Å². The minimum atomic E-state index is -0.129. The number of H-pyrrole nitrogens is 2. The van der Waals surface area contributed by atoms with Crippen LogP contribution in [0, 0.1) is 0 Å². The zero-order valence-corrected chi connectivity index (χ0v) is 13.0. The van der Waals surface area contributed by atoms with Gasteiger partial charge in [-0.3, -0.25) is 4.79 Å². The largest absolute Gasteiger partial charge is 0.355 e. The van der Waals surface area contributed by atoms with E-state index in [1.807, 2.05) is 24.0 Å². The first kappa shape index (κ1) is 14.9. The maximum Gasteiger partial charge on any atom is 0.275 e. The van der Waals surface area contributed by atoms with Gasteiger partial charge in [0.2, 0.25) is 0 Å². The molecule has 0 atom stereocenters. The highest BCUT2D eigenvalue weighted by molar-refractivity contribution is 7.99. The van der Waals surface area contributed by atoms with Gasteiger partial charge < -0.3 is 15.3 Å². The van der Waals surface area contributed by atoms with E-state index < -0.39 is 0 Å². The Hall–Kier alpha value is -2.05. The van der Waals surface area contributed by atoms with Crippen LogP contribution in [-0.2, 0) is 6.54 Å². The van der Waals surface area contributed by atoms with Gasteiger partial charge in [0.15, 0.2) is 0 Å². The van der Waals surface area contributed by atoms with E-state index in [1.54, 1.807) is 0 Å². The molecule has 0 saturated carbocycles. The Morgan fingerprint density at radius 2 is 2.05 bits per heavy atom. The van der Waals surface area contributed by atoms with E-state index >= 15 is 0 Å². The van der Waals surface area contributed by atoms with E-state index in [-0.39, 0.29) is 5.56 Å². The Morgan fingerprint density at radius 3 is 2.91 bits per heavy atom. The van der Waals surface area contributed by atoms with E-state index in [2.05, 4.69) is 44.5 Å². The summed E-state index contributed by atoms with van der Waals surface area (Å²) in [5, 5.41) is 3.40. The average Bonchev–Trinajstić information content (AvgIpc) is 2.96. The first-order chi connectivity index (χ1) is 10.8. The van der Waals surface area contributed by atoms with E-state index in [1.165, 1.54) is 11.2 Å². The van der Waals surface area contributed by atoms with Crippen molar-refractivity contribution in [3.05, 3.63) is 58.8 Å². The zero-order chi connectivity index (χ0) is 15.2. The van der Waals surface area contributed by atoms with Crippen LogP contribution in [-0.4, -0.2) is 27.2 Å². The van der Waals surface area contributed by atoms with Crippen LogP contribution in [0.15, 0.2) is 52.5 Å². The van der Waals surface area contributed by atoms with Crippen molar-refractivity contribution in [2.24, 2.45) is 0 Å². The van der Waals surface area contributed by atoms with Crippen molar-refractivity contribution in [1.82, 2.24) is 20.3 Å². The molecule has 0 amide bonds. The molecule has 0 aliphatic heterocycles. The number of benzene rings is 1. The molecule has 0 bridgehead atoms. The molecule has 2 heterocycles. The smallest absolute Gasteiger partial charge is 0.275 e. The molecule has 6 heteroatoms. The molecule has 2 aromatic heterocycles. The number of nitrogens with one attached hydrogen (secondary N) is 3. The van der Waals surface area contributed by atoms with Crippen LogP contribution in [0.25, 0.3) is 11.0 Å². The van der Waals surface area contributed by atoms with Crippen LogP contribution in [0.4, 0.5) is 0 Å². The summed E-state index contributed by atoms with van der Waals surface area (Å²) < 4.78 is 0. The second-order valence-electron chi connectivity index (χ2n) is 4.96. The van der Waals surface area contributed by atoms with Crippen LogP contribution in [0.2, 0.25) is 0 Å². The summed E-state index contributed by atoms with van der Waals surface area (Å²) in [4.78, 5) is 22.7. The van der Waals surface area contributed by atoms with E-state index in [4.69, 9.17) is 0 Å². The Balaban J connectivity index is 1.43. The van der Waals surface area contributed by atoms with Gasteiger partial charge in [-0.2, -0.15) is 0 Å². The van der Waals surface area contributed by atoms with Crippen molar-refractivity contribution in [3.8, 4) is 0 Å². The quantitative estimate of drug-likeness (QED) is 0.463. The molecule has 0 aliphatic rings. The van der Waals surface area contributed by atoms with Crippen molar-refractivity contribution in [1.29, 1.82) is 0 Å². The third-order valence-corrected chi connectivity index (χ3v) is 4.47. The molecule has 0 radical (unpaired) electrons. The molecule has 1 aromatic carbocycles. The lowest BCUT2D eigenvalue weighted by Gasteiger charge is -2.04. The number of fused-ring (bicyclic) bond motifs is 1. The van der Waals surface area contributed by atoms with Crippen LogP contribution in [0.1, 0.15) is 12.0 Å². The summed E-state index contributed by atoms with van der Waals surface area (Å²) in [6, 6.07) is 10.4. The first-order valence-corrected chi connectivity index (χ1v) is 8.25. The number of hydrogen-bond donors (Lipinski definition) is 3. The maximum atomic E-state index is 11.6. The Bertz CT molecular complexity index is 781. The van der Waals surface area contributed by atoms with Gasteiger partial charge in [-0.25, -0.2) is 4.98 Å². The van der Waals surface area contributed by atoms with Gasteiger partial charge in [0.05, 0.1) is 11.8 Å². The monoisotopic (exact) mass is 314 g/mol. The topological polar surface area (TPSA) is 73.6 Å². The Kier molecular flexibility index (Phi) is 4.92. The fourth-order valence-corrected chi connectivity index (χ4v) is 3.14. The molecular formula is C16H18N4OS. The van der Waals surface area contributed by atoms with Gasteiger partial charge in [-0.1, -0.05) is 18.2 Å². The summed E-state index contributed by atoms with van der Waals surface area (Å²) in [6.07, 6.45) is 4.38. The van der Waals surface area contributed by atoms with Crippen molar-refractivity contribution in [3.63, 3.8) is 0 Å². The van der Waals surface area contributed by atoms with Gasteiger partial charge >= 0.3 is 0 Å². The van der Waals surface area contributed by atoms with Crippen LogP contribution in [0.3, 0.4) is 0 Å². The molecule has 3 rings (SSSR count). The summed E-state index contributed by atoms with van der Waals surface area (Å²) >= 11 is 1.87. The molecule has 3 N–H and O–H groups in total. The lowest BCUT2D eigenvalue weighted by atomic mass is 10.3. The van der Waals surface area contributed by atoms with Gasteiger partial charge in [-0.05, 0) is 30.9 Å². The lowest BCUT2D eigenvalue weighted by Crippen LogP contribution is -2.15. The molecular weight excluding hydrogens is 296 g/mol. The molecule has 0 spiro atoms. The summed E-state index contributed by atoms with van der Waals surface area (Å²) in [5.41, 5.74) is 2.18. The molecule has 114 valence electrons. The molecule has 0 unspecified atom stereocenters. The predicted molar refractivity (Wildman–Crippen MR) is 90.2 cm³/mol. The van der Waals surface area contributed by atoms with E-state index in [9.17, 15) is 4.79 Å². The van der Waals surface area contributed by atoms with Crippen molar-refractivity contribution >= 4 is 22.8 Å². The van der Waals surface area contributed by atoms with Crippen molar-refractivity contribution in [2.45, 2.75) is 17.9 Å². The van der Waals surface area contributed by atoms with Gasteiger partial charge in [-0.15, -0.1) is 11.8 Å². The Morgan fingerprint density at radius 1 is 1.18 bits per heavy atom. The molecule has 5 nitrogen and oxygen atoms in total. The highest BCUT2D eigenvalue weighted by Crippen LogP contribution is 2.17. The van der Waals surface area contributed by atoms with E-state index in [0.717, 1.165) is 29.8 Å². The van der Waals surface area contributed by atoms with Gasteiger partial charge in [0.25, 0.3) is 5.56 Å². The SMILES string of the molecule is O=c1[nH]cnc2c(CNCCCSc3ccccc3)c[nH]c12. The second kappa shape index (κ2) is 7.29. The number of rotatable bonds is 7. The highest BCUT2D eigenvalue weighted by atomic mass is 32.2. The number of aromatic amines is 2. The molecule has 0 aliphatic carbocycles. The van der Waals surface area contributed by atoms with Gasteiger partial charge in [0, 0.05) is 23.2 Å². The van der Waals surface area contributed by atoms with Gasteiger partial charge in [0.1, 0.15) is 5.52 Å². The number of thioether (sulfide) groups is 1. The van der Waals surface area contributed by atoms with Crippen molar-refractivity contribution < 1.29 is 0 Å². The third-order valence-electron chi connectivity index (χ3n) is 3.37. The fraction of sp³-hybridized carbons (Fsp3) is 0.250. The molecule has 22 heavy (non-hydrogen) atoms. The van der Waals surface area contributed by atoms with Crippen LogP contribution < -0.4 is 10.9 Å². The highest BCUT2D eigenvalue weighted by Gasteiger charge is 2.06. The van der Waals surface area contributed by atoms with E-state index in [0.29, 0.717) is 12.1 Å².